The van der Waals surface area contributed by atoms with Gasteiger partial charge in [-0.3, -0.25) is 4.79 Å². The first kappa shape index (κ1) is 12.2. The maximum atomic E-state index is 12.3. The molecule has 3 rings (SSSR count). The molecule has 19 heavy (non-hydrogen) atoms. The summed E-state index contributed by atoms with van der Waals surface area (Å²) < 4.78 is 0.641. The van der Waals surface area contributed by atoms with Crippen LogP contribution in [0.25, 0.3) is 0 Å². The highest BCUT2D eigenvalue weighted by Crippen LogP contribution is 2.32. The van der Waals surface area contributed by atoms with Crippen molar-refractivity contribution in [1.29, 1.82) is 0 Å². The minimum Gasteiger partial charge on any atom is -0.384 e. The highest BCUT2D eigenvalue weighted by atomic mass is 79.9. The van der Waals surface area contributed by atoms with Crippen LogP contribution >= 0.6 is 15.9 Å². The van der Waals surface area contributed by atoms with Crippen molar-refractivity contribution in [3.8, 4) is 0 Å². The Kier molecular flexibility index (Phi) is 3.21. The zero-order valence-corrected chi connectivity index (χ0v) is 11.6. The van der Waals surface area contributed by atoms with Crippen molar-refractivity contribution in [2.24, 2.45) is 0 Å². The summed E-state index contributed by atoms with van der Waals surface area (Å²) in [5.74, 6) is -0.186. The fraction of sp³-hybridized carbons (Fsp3) is 0.143. The molecule has 1 aromatic heterocycles. The van der Waals surface area contributed by atoms with Gasteiger partial charge in [0.05, 0.1) is 11.6 Å². The Morgan fingerprint density at radius 3 is 3.00 bits per heavy atom. The Balaban J connectivity index is 1.81. The van der Waals surface area contributed by atoms with Gasteiger partial charge in [-0.25, -0.2) is 4.98 Å². The van der Waals surface area contributed by atoms with E-state index < -0.39 is 0 Å². The predicted molar refractivity (Wildman–Crippen MR) is 78.2 cm³/mol. The van der Waals surface area contributed by atoms with Crippen LogP contribution in [0.2, 0.25) is 0 Å². The first-order valence-corrected chi connectivity index (χ1v) is 6.79. The number of anilines is 2. The van der Waals surface area contributed by atoms with Crippen LogP contribution in [-0.4, -0.2) is 17.4 Å². The van der Waals surface area contributed by atoms with Gasteiger partial charge in [0.15, 0.2) is 0 Å². The van der Waals surface area contributed by atoms with Crippen LogP contribution in [0.1, 0.15) is 11.5 Å². The summed E-state index contributed by atoms with van der Waals surface area (Å²) in [7, 11) is 0. The van der Waals surface area contributed by atoms with Gasteiger partial charge in [-0.05, 0) is 39.7 Å². The molecule has 2 aromatic rings. The predicted octanol–water partition coefficient (Wildman–Crippen LogP) is 2.99. The smallest absolute Gasteiger partial charge is 0.233 e. The number of carbonyl (C=O) groups excluding carboxylic acids is 1. The maximum absolute atomic E-state index is 12.3. The lowest BCUT2D eigenvalue weighted by atomic mass is 10.0. The molecule has 5 heteroatoms. The van der Waals surface area contributed by atoms with Crippen molar-refractivity contribution in [3.05, 3.63) is 52.8 Å². The minimum atomic E-state index is -0.164. The Labute approximate surface area is 119 Å². The van der Waals surface area contributed by atoms with E-state index in [4.69, 9.17) is 0 Å². The average Bonchev–Trinajstić information content (AvgIpc) is 2.85. The molecule has 0 radical (unpaired) electrons. The molecule has 1 atom stereocenters. The number of hydrogen-bond acceptors (Lipinski definition) is 3. The summed E-state index contributed by atoms with van der Waals surface area (Å²) in [6.07, 6.45) is 1.67. The number of nitrogens with one attached hydrogen (secondary N) is 2. The Morgan fingerprint density at radius 2 is 2.16 bits per heavy atom. The molecule has 1 aliphatic heterocycles. The molecular formula is C14H12BrN3O. The molecule has 4 nitrogen and oxygen atoms in total. The third kappa shape index (κ3) is 2.33. The number of hydrogen-bond donors (Lipinski definition) is 2. The van der Waals surface area contributed by atoms with Crippen molar-refractivity contribution in [2.75, 3.05) is 17.2 Å². The highest BCUT2D eigenvalue weighted by Gasteiger charge is 2.28. The number of pyridine rings is 1. The summed E-state index contributed by atoms with van der Waals surface area (Å²) >= 11 is 3.32. The molecule has 0 spiro atoms. The summed E-state index contributed by atoms with van der Waals surface area (Å²) in [6.45, 7) is 0.628. The first-order chi connectivity index (χ1) is 9.25. The maximum Gasteiger partial charge on any atom is 0.233 e. The number of nitrogens with zero attached hydrogens (tertiary/aromatic N) is 1. The van der Waals surface area contributed by atoms with Gasteiger partial charge in [0, 0.05) is 18.4 Å². The molecule has 2 N–H and O–H groups in total. The lowest BCUT2D eigenvalue weighted by Gasteiger charge is -2.11. The quantitative estimate of drug-likeness (QED) is 0.837. The van der Waals surface area contributed by atoms with E-state index in [1.807, 2.05) is 30.3 Å². The molecule has 96 valence electrons. The average molecular weight is 318 g/mol. The molecule has 0 bridgehead atoms. The van der Waals surface area contributed by atoms with Crippen molar-refractivity contribution >= 4 is 33.2 Å². The zero-order chi connectivity index (χ0) is 13.2. The van der Waals surface area contributed by atoms with Gasteiger partial charge in [0.1, 0.15) is 4.60 Å². The molecule has 2 heterocycles. The lowest BCUT2D eigenvalue weighted by molar-refractivity contribution is -0.117. The molecule has 1 aliphatic rings. The van der Waals surface area contributed by atoms with Crippen molar-refractivity contribution in [3.63, 3.8) is 0 Å². The number of carbonyl (C=O) groups is 1. The third-order valence-corrected chi connectivity index (χ3v) is 3.80. The van der Waals surface area contributed by atoms with Gasteiger partial charge in [0.2, 0.25) is 5.91 Å². The number of fused-ring (bicyclic) bond motifs is 1. The van der Waals surface area contributed by atoms with Gasteiger partial charge in [-0.2, -0.15) is 0 Å². The van der Waals surface area contributed by atoms with Crippen molar-refractivity contribution in [1.82, 2.24) is 4.98 Å². The molecule has 0 aliphatic carbocycles. The van der Waals surface area contributed by atoms with E-state index in [0.717, 1.165) is 11.3 Å². The Hall–Kier alpha value is -1.88. The van der Waals surface area contributed by atoms with E-state index in [-0.39, 0.29) is 11.8 Å². The summed E-state index contributed by atoms with van der Waals surface area (Å²) in [4.78, 5) is 16.4. The molecule has 0 fully saturated rings. The number of halogens is 1. The molecule has 0 saturated carbocycles. The molecule has 1 unspecified atom stereocenters. The monoisotopic (exact) mass is 317 g/mol. The Bertz CT molecular complexity index is 630. The SMILES string of the molecule is O=C(Nc1cccnc1Br)C1CNc2ccccc21. The van der Waals surface area contributed by atoms with E-state index >= 15 is 0 Å². The van der Waals surface area contributed by atoms with Gasteiger partial charge >= 0.3 is 0 Å². The topological polar surface area (TPSA) is 54.0 Å². The number of amides is 1. The summed E-state index contributed by atoms with van der Waals surface area (Å²) in [5, 5.41) is 6.15. The minimum absolute atomic E-state index is 0.0221. The number of rotatable bonds is 2. The largest absolute Gasteiger partial charge is 0.384 e. The molecular weight excluding hydrogens is 306 g/mol. The molecule has 1 aromatic carbocycles. The summed E-state index contributed by atoms with van der Waals surface area (Å²) in [6, 6.07) is 11.5. The third-order valence-electron chi connectivity index (χ3n) is 3.17. The normalized spacial score (nSPS) is 16.6. The van der Waals surface area contributed by atoms with E-state index in [2.05, 4.69) is 31.5 Å². The molecule has 1 amide bonds. The van der Waals surface area contributed by atoms with E-state index in [1.165, 1.54) is 0 Å². The lowest BCUT2D eigenvalue weighted by Crippen LogP contribution is -2.22. The van der Waals surface area contributed by atoms with Crippen LogP contribution in [0.4, 0.5) is 11.4 Å². The number of aromatic nitrogens is 1. The van der Waals surface area contributed by atoms with Crippen molar-refractivity contribution in [2.45, 2.75) is 5.92 Å². The second-order valence-corrected chi connectivity index (χ2v) is 5.10. The van der Waals surface area contributed by atoms with E-state index in [0.29, 0.717) is 16.8 Å². The fourth-order valence-corrected chi connectivity index (χ4v) is 2.57. The zero-order valence-electron chi connectivity index (χ0n) is 10.1. The Morgan fingerprint density at radius 1 is 1.32 bits per heavy atom. The summed E-state index contributed by atoms with van der Waals surface area (Å²) in [5.41, 5.74) is 2.77. The van der Waals surface area contributed by atoms with Crippen LogP contribution in [-0.2, 0) is 4.79 Å². The van der Waals surface area contributed by atoms with Crippen LogP contribution in [0.15, 0.2) is 47.2 Å². The fourth-order valence-electron chi connectivity index (χ4n) is 2.22. The second kappa shape index (κ2) is 5.01. The second-order valence-electron chi connectivity index (χ2n) is 4.35. The van der Waals surface area contributed by atoms with Gasteiger partial charge < -0.3 is 10.6 Å². The highest BCUT2D eigenvalue weighted by molar-refractivity contribution is 9.10. The van der Waals surface area contributed by atoms with Crippen LogP contribution in [0, 0.1) is 0 Å². The standard InChI is InChI=1S/C14H12BrN3O/c15-13-12(6-3-7-16-13)18-14(19)10-8-17-11-5-2-1-4-9(10)11/h1-7,10,17H,8H2,(H,18,19). The van der Waals surface area contributed by atoms with Gasteiger partial charge in [0.25, 0.3) is 0 Å². The van der Waals surface area contributed by atoms with E-state index in [9.17, 15) is 4.79 Å². The number of para-hydroxylation sites is 1. The van der Waals surface area contributed by atoms with Gasteiger partial charge in [-0.1, -0.05) is 18.2 Å². The van der Waals surface area contributed by atoms with Crippen molar-refractivity contribution < 1.29 is 4.79 Å². The van der Waals surface area contributed by atoms with Crippen LogP contribution < -0.4 is 10.6 Å². The first-order valence-electron chi connectivity index (χ1n) is 6.00. The number of benzene rings is 1. The van der Waals surface area contributed by atoms with Crippen LogP contribution in [0.3, 0.4) is 0 Å². The molecule has 0 saturated heterocycles. The van der Waals surface area contributed by atoms with E-state index in [1.54, 1.807) is 12.3 Å². The van der Waals surface area contributed by atoms with Gasteiger partial charge in [-0.15, -0.1) is 0 Å². The van der Waals surface area contributed by atoms with Crippen LogP contribution in [0.5, 0.6) is 0 Å².